The molecule has 2 fully saturated rings. The van der Waals surface area contributed by atoms with Gasteiger partial charge in [-0.25, -0.2) is 0 Å². The first-order chi connectivity index (χ1) is 7.43. The van der Waals surface area contributed by atoms with Gasteiger partial charge in [-0.3, -0.25) is 4.21 Å². The van der Waals surface area contributed by atoms with Crippen molar-refractivity contribution in [2.75, 3.05) is 18.6 Å². The third kappa shape index (κ3) is 2.07. The van der Waals surface area contributed by atoms with E-state index in [9.17, 15) is 4.21 Å². The second-order valence-corrected chi connectivity index (χ2v) is 7.33. The summed E-state index contributed by atoms with van der Waals surface area (Å²) >= 11 is 0. The van der Waals surface area contributed by atoms with Crippen LogP contribution < -0.4 is 5.32 Å². The maximum absolute atomic E-state index is 11.2. The standard InChI is InChI=1S/C12H23NO2S/c1-8(7-16(4)14)13-10-9-5-6-15-11(9)12(10,2)3/h8-11,13H,5-7H2,1-4H3. The molecule has 94 valence electrons. The lowest BCUT2D eigenvalue weighted by Gasteiger charge is -2.55. The molecular formula is C12H23NO2S. The molecule has 0 aromatic carbocycles. The summed E-state index contributed by atoms with van der Waals surface area (Å²) in [5.74, 6) is 1.41. The molecule has 16 heavy (non-hydrogen) atoms. The number of hydrogen-bond acceptors (Lipinski definition) is 3. The fourth-order valence-corrected chi connectivity index (χ4v) is 4.17. The van der Waals surface area contributed by atoms with Gasteiger partial charge in [0.05, 0.1) is 6.10 Å². The molecule has 3 nitrogen and oxygen atoms in total. The Labute approximate surface area is 101 Å². The van der Waals surface area contributed by atoms with E-state index < -0.39 is 10.8 Å². The highest BCUT2D eigenvalue weighted by Crippen LogP contribution is 2.52. The molecule has 1 aliphatic heterocycles. The quantitative estimate of drug-likeness (QED) is 0.807. The largest absolute Gasteiger partial charge is 0.377 e. The first kappa shape index (κ1) is 12.5. The third-order valence-corrected chi connectivity index (χ3v) is 5.02. The van der Waals surface area contributed by atoms with Crippen LogP contribution >= 0.6 is 0 Å². The molecule has 5 unspecified atom stereocenters. The van der Waals surface area contributed by atoms with Crippen LogP contribution in [-0.2, 0) is 15.5 Å². The van der Waals surface area contributed by atoms with E-state index in [0.29, 0.717) is 24.1 Å². The van der Waals surface area contributed by atoms with Gasteiger partial charge in [0.25, 0.3) is 0 Å². The number of ether oxygens (including phenoxy) is 1. The highest BCUT2D eigenvalue weighted by Gasteiger charge is 2.59. The van der Waals surface area contributed by atoms with E-state index in [1.165, 1.54) is 6.42 Å². The molecule has 0 spiro atoms. The minimum Gasteiger partial charge on any atom is -0.377 e. The van der Waals surface area contributed by atoms with Crippen molar-refractivity contribution in [2.24, 2.45) is 11.3 Å². The average molecular weight is 245 g/mol. The second kappa shape index (κ2) is 4.39. The fourth-order valence-electron chi connectivity index (χ4n) is 3.37. The van der Waals surface area contributed by atoms with Crippen molar-refractivity contribution in [3.05, 3.63) is 0 Å². The van der Waals surface area contributed by atoms with Crippen LogP contribution in [0.2, 0.25) is 0 Å². The van der Waals surface area contributed by atoms with E-state index in [-0.39, 0.29) is 5.41 Å². The van der Waals surface area contributed by atoms with Crippen molar-refractivity contribution < 1.29 is 8.95 Å². The zero-order valence-corrected chi connectivity index (χ0v) is 11.5. The van der Waals surface area contributed by atoms with Crippen molar-refractivity contribution in [2.45, 2.75) is 45.4 Å². The van der Waals surface area contributed by atoms with Crippen LogP contribution in [0.15, 0.2) is 0 Å². The molecule has 1 saturated carbocycles. The zero-order chi connectivity index (χ0) is 11.9. The van der Waals surface area contributed by atoms with E-state index >= 15 is 0 Å². The minimum atomic E-state index is -0.715. The summed E-state index contributed by atoms with van der Waals surface area (Å²) in [5.41, 5.74) is 0.227. The molecule has 0 aromatic heterocycles. The van der Waals surface area contributed by atoms with Gasteiger partial charge in [-0.15, -0.1) is 0 Å². The SMILES string of the molecule is CC(CS(C)=O)NC1C2CCOC2C1(C)C. The van der Waals surface area contributed by atoms with E-state index in [1.807, 2.05) is 0 Å². The maximum atomic E-state index is 11.2. The van der Waals surface area contributed by atoms with Crippen LogP contribution in [0.25, 0.3) is 0 Å². The Balaban J connectivity index is 1.92. The molecule has 2 aliphatic rings. The predicted octanol–water partition coefficient (Wildman–Crippen LogP) is 1.16. The molecule has 0 aromatic rings. The topological polar surface area (TPSA) is 38.3 Å². The Kier molecular flexibility index (Phi) is 3.44. The molecule has 4 heteroatoms. The van der Waals surface area contributed by atoms with E-state index in [2.05, 4.69) is 26.1 Å². The number of hydrogen-bond donors (Lipinski definition) is 1. The van der Waals surface area contributed by atoms with Gasteiger partial charge < -0.3 is 10.1 Å². The van der Waals surface area contributed by atoms with Crippen molar-refractivity contribution >= 4 is 10.8 Å². The Morgan fingerprint density at radius 2 is 2.25 bits per heavy atom. The maximum Gasteiger partial charge on any atom is 0.0685 e. The van der Waals surface area contributed by atoms with Crippen molar-refractivity contribution in [1.82, 2.24) is 5.32 Å². The molecule has 0 amide bonds. The first-order valence-corrected chi connectivity index (χ1v) is 7.83. The Bertz CT molecular complexity index is 293. The van der Waals surface area contributed by atoms with Gasteiger partial charge in [0, 0.05) is 52.8 Å². The molecule has 1 aliphatic carbocycles. The highest BCUT2D eigenvalue weighted by atomic mass is 32.2. The van der Waals surface area contributed by atoms with Gasteiger partial charge in [0.2, 0.25) is 0 Å². The average Bonchev–Trinajstić information content (AvgIpc) is 2.59. The summed E-state index contributed by atoms with van der Waals surface area (Å²) < 4.78 is 16.9. The zero-order valence-electron chi connectivity index (χ0n) is 10.7. The first-order valence-electron chi connectivity index (χ1n) is 6.10. The van der Waals surface area contributed by atoms with Gasteiger partial charge in [0.1, 0.15) is 0 Å². The number of nitrogens with one attached hydrogen (secondary N) is 1. The van der Waals surface area contributed by atoms with Crippen LogP contribution in [-0.4, -0.2) is 41.0 Å². The summed E-state index contributed by atoms with van der Waals surface area (Å²) in [4.78, 5) is 0. The fraction of sp³-hybridized carbons (Fsp3) is 1.00. The monoisotopic (exact) mass is 245 g/mol. The van der Waals surface area contributed by atoms with Gasteiger partial charge in [0.15, 0.2) is 0 Å². The van der Waals surface area contributed by atoms with Gasteiger partial charge in [-0.2, -0.15) is 0 Å². The summed E-state index contributed by atoms with van der Waals surface area (Å²) in [6, 6.07) is 0.857. The van der Waals surface area contributed by atoms with Crippen molar-refractivity contribution in [3.8, 4) is 0 Å². The van der Waals surface area contributed by atoms with Gasteiger partial charge in [-0.1, -0.05) is 13.8 Å². The number of rotatable bonds is 4. The van der Waals surface area contributed by atoms with Crippen molar-refractivity contribution in [1.29, 1.82) is 0 Å². The van der Waals surface area contributed by atoms with Gasteiger partial charge >= 0.3 is 0 Å². The van der Waals surface area contributed by atoms with E-state index in [1.54, 1.807) is 6.26 Å². The molecular weight excluding hydrogens is 222 g/mol. The summed E-state index contributed by atoms with van der Waals surface area (Å²) in [6.45, 7) is 7.57. The predicted molar refractivity (Wildman–Crippen MR) is 66.9 cm³/mol. The lowest BCUT2D eigenvalue weighted by molar-refractivity contribution is -0.114. The van der Waals surface area contributed by atoms with Crippen LogP contribution in [0.4, 0.5) is 0 Å². The Morgan fingerprint density at radius 3 is 2.88 bits per heavy atom. The summed E-state index contributed by atoms with van der Waals surface area (Å²) in [7, 11) is -0.715. The summed E-state index contributed by atoms with van der Waals surface area (Å²) in [6.07, 6.45) is 3.38. The second-order valence-electron chi connectivity index (χ2n) is 5.85. The Morgan fingerprint density at radius 1 is 1.56 bits per heavy atom. The highest BCUT2D eigenvalue weighted by molar-refractivity contribution is 7.84. The molecule has 5 atom stereocenters. The van der Waals surface area contributed by atoms with Crippen LogP contribution in [0.3, 0.4) is 0 Å². The lowest BCUT2D eigenvalue weighted by Crippen LogP contribution is -2.67. The summed E-state index contributed by atoms with van der Waals surface area (Å²) in [5, 5.41) is 3.64. The van der Waals surface area contributed by atoms with E-state index in [0.717, 1.165) is 12.4 Å². The normalized spacial score (nSPS) is 39.9. The van der Waals surface area contributed by atoms with Gasteiger partial charge in [-0.05, 0) is 13.3 Å². The van der Waals surface area contributed by atoms with Crippen LogP contribution in [0.5, 0.6) is 0 Å². The minimum absolute atomic E-state index is 0.227. The molecule has 2 rings (SSSR count). The molecule has 1 heterocycles. The number of fused-ring (bicyclic) bond motifs is 1. The molecule has 0 radical (unpaired) electrons. The van der Waals surface area contributed by atoms with Crippen LogP contribution in [0, 0.1) is 11.3 Å². The molecule has 1 N–H and O–H groups in total. The lowest BCUT2D eigenvalue weighted by atomic mass is 9.57. The molecule has 1 saturated heterocycles. The Hall–Kier alpha value is 0.0700. The molecule has 0 bridgehead atoms. The third-order valence-electron chi connectivity index (χ3n) is 4.05. The smallest absolute Gasteiger partial charge is 0.0685 e. The van der Waals surface area contributed by atoms with Crippen LogP contribution in [0.1, 0.15) is 27.2 Å². The van der Waals surface area contributed by atoms with E-state index in [4.69, 9.17) is 4.74 Å². The van der Waals surface area contributed by atoms with Crippen molar-refractivity contribution in [3.63, 3.8) is 0 Å².